The Balaban J connectivity index is 0.000000774. The number of nitrogens with one attached hydrogen (secondary N) is 1. The first kappa shape index (κ1) is 15.6. The van der Waals surface area contributed by atoms with Crippen molar-refractivity contribution in [2.75, 3.05) is 6.54 Å². The number of rotatable bonds is 0. The molecule has 0 aliphatic carbocycles. The molecule has 1 N–H and O–H groups in total. The number of benzene rings is 1. The lowest BCUT2D eigenvalue weighted by molar-refractivity contribution is -0.117. The lowest BCUT2D eigenvalue weighted by Gasteiger charge is -2.17. The van der Waals surface area contributed by atoms with Crippen molar-refractivity contribution in [1.82, 2.24) is 9.88 Å². The average Bonchev–Trinajstić information content (AvgIpc) is 2.84. The van der Waals surface area contributed by atoms with E-state index in [4.69, 9.17) is 11.6 Å². The summed E-state index contributed by atoms with van der Waals surface area (Å²) in [6.45, 7) is 9.28. The molecule has 2 aromatic rings. The van der Waals surface area contributed by atoms with Gasteiger partial charge in [0, 0.05) is 40.3 Å². The van der Waals surface area contributed by atoms with Crippen LogP contribution in [-0.2, 0) is 11.3 Å². The number of halogens is 1. The van der Waals surface area contributed by atoms with Gasteiger partial charge in [0.25, 0.3) is 0 Å². The number of fused-ring (bicyclic) bond motifs is 3. The molecule has 112 valence electrons. The Morgan fingerprint density at radius 2 is 1.86 bits per heavy atom. The average molecular weight is 305 g/mol. The van der Waals surface area contributed by atoms with Crippen molar-refractivity contribution in [1.29, 1.82) is 0 Å². The Labute approximate surface area is 130 Å². The minimum atomic E-state index is 0.0204. The fourth-order valence-electron chi connectivity index (χ4n) is 2.57. The zero-order valence-electron chi connectivity index (χ0n) is 13.0. The van der Waals surface area contributed by atoms with E-state index in [0.717, 1.165) is 39.3 Å². The molecule has 21 heavy (non-hydrogen) atoms. The standard InChI is InChI=1S/C15H15ClN2O.C2H6/c1-9-10(2)15(19)17-5-6-18-13-4-3-12(16)7-11(13)8-14(9)18;1-2/h3-4,7-8H,5-6H2,1-2H3,(H,17,19);1-2H3/b10-9-;. The summed E-state index contributed by atoms with van der Waals surface area (Å²) in [5.74, 6) is 0.0204. The summed E-state index contributed by atoms with van der Waals surface area (Å²) in [5.41, 5.74) is 4.05. The SMILES string of the molecule is C/C1=C(\C)c2cc3cc(Cl)ccc3n2CCNC1=O.CC. The van der Waals surface area contributed by atoms with Crippen LogP contribution in [-0.4, -0.2) is 17.0 Å². The third kappa shape index (κ3) is 2.84. The number of amides is 1. The van der Waals surface area contributed by atoms with Crippen LogP contribution in [0.25, 0.3) is 16.5 Å². The number of carbonyl (C=O) groups excluding carboxylic acids is 1. The maximum atomic E-state index is 11.9. The van der Waals surface area contributed by atoms with E-state index in [0.29, 0.717) is 6.54 Å². The first-order valence-electron chi connectivity index (χ1n) is 7.33. The predicted octanol–water partition coefficient (Wildman–Crippen LogP) is 4.24. The molecular formula is C17H21ClN2O. The summed E-state index contributed by atoms with van der Waals surface area (Å²) in [6.07, 6.45) is 0. The van der Waals surface area contributed by atoms with Crippen LogP contribution < -0.4 is 5.32 Å². The third-order valence-corrected chi connectivity index (χ3v) is 4.01. The summed E-state index contributed by atoms with van der Waals surface area (Å²) < 4.78 is 2.24. The molecule has 0 unspecified atom stereocenters. The molecule has 1 aromatic carbocycles. The number of hydrogen-bond donors (Lipinski definition) is 1. The van der Waals surface area contributed by atoms with Crippen LogP contribution in [0.4, 0.5) is 0 Å². The molecule has 3 nitrogen and oxygen atoms in total. The molecule has 0 bridgehead atoms. The second kappa shape index (κ2) is 6.35. The highest BCUT2D eigenvalue weighted by Crippen LogP contribution is 2.29. The molecular weight excluding hydrogens is 284 g/mol. The number of nitrogens with zero attached hydrogens (tertiary/aromatic N) is 1. The summed E-state index contributed by atoms with van der Waals surface area (Å²) >= 11 is 6.05. The Kier molecular flexibility index (Phi) is 4.73. The van der Waals surface area contributed by atoms with Gasteiger partial charge in [-0.25, -0.2) is 0 Å². The van der Waals surface area contributed by atoms with Crippen molar-refractivity contribution < 1.29 is 4.79 Å². The Morgan fingerprint density at radius 3 is 2.57 bits per heavy atom. The second-order valence-electron chi connectivity index (χ2n) is 4.89. The monoisotopic (exact) mass is 304 g/mol. The molecule has 0 atom stereocenters. The lowest BCUT2D eigenvalue weighted by Crippen LogP contribution is -2.30. The first-order valence-corrected chi connectivity index (χ1v) is 7.70. The van der Waals surface area contributed by atoms with E-state index in [1.165, 1.54) is 0 Å². The van der Waals surface area contributed by atoms with Crippen LogP contribution in [0.3, 0.4) is 0 Å². The molecule has 0 saturated carbocycles. The summed E-state index contributed by atoms with van der Waals surface area (Å²) in [7, 11) is 0. The van der Waals surface area contributed by atoms with Crippen molar-refractivity contribution in [3.05, 3.63) is 40.6 Å². The highest BCUT2D eigenvalue weighted by Gasteiger charge is 2.17. The van der Waals surface area contributed by atoms with Crippen molar-refractivity contribution >= 4 is 34.0 Å². The molecule has 0 fully saturated rings. The maximum absolute atomic E-state index is 11.9. The quantitative estimate of drug-likeness (QED) is 0.776. The maximum Gasteiger partial charge on any atom is 0.247 e. The zero-order valence-corrected chi connectivity index (χ0v) is 13.7. The van der Waals surface area contributed by atoms with Crippen molar-refractivity contribution in [2.24, 2.45) is 0 Å². The smallest absolute Gasteiger partial charge is 0.247 e. The fourth-order valence-corrected chi connectivity index (χ4v) is 2.75. The highest BCUT2D eigenvalue weighted by atomic mass is 35.5. The van der Waals surface area contributed by atoms with Crippen molar-refractivity contribution in [3.8, 4) is 0 Å². The predicted molar refractivity (Wildman–Crippen MR) is 89.6 cm³/mol. The van der Waals surface area contributed by atoms with E-state index in [-0.39, 0.29) is 5.91 Å². The fraction of sp³-hybridized carbons (Fsp3) is 0.353. The van der Waals surface area contributed by atoms with Crippen LogP contribution in [0.2, 0.25) is 5.02 Å². The van der Waals surface area contributed by atoms with Gasteiger partial charge in [0.1, 0.15) is 0 Å². The topological polar surface area (TPSA) is 34.0 Å². The molecule has 4 heteroatoms. The first-order chi connectivity index (χ1) is 10.1. The third-order valence-electron chi connectivity index (χ3n) is 3.77. The van der Waals surface area contributed by atoms with Gasteiger partial charge in [0.15, 0.2) is 0 Å². The Hall–Kier alpha value is -1.74. The molecule has 1 aliphatic heterocycles. The van der Waals surface area contributed by atoms with Crippen molar-refractivity contribution in [3.63, 3.8) is 0 Å². The van der Waals surface area contributed by atoms with Crippen molar-refractivity contribution in [2.45, 2.75) is 34.2 Å². The molecule has 2 heterocycles. The van der Waals surface area contributed by atoms with Crippen LogP contribution >= 0.6 is 11.6 Å². The second-order valence-corrected chi connectivity index (χ2v) is 5.33. The van der Waals surface area contributed by atoms with Crippen LogP contribution in [0, 0.1) is 0 Å². The number of allylic oxidation sites excluding steroid dienone is 1. The van der Waals surface area contributed by atoms with Gasteiger partial charge in [0.05, 0.1) is 0 Å². The van der Waals surface area contributed by atoms with Crippen LogP contribution in [0.15, 0.2) is 29.8 Å². The molecule has 0 saturated heterocycles. The summed E-state index contributed by atoms with van der Waals surface area (Å²) in [4.78, 5) is 11.9. The number of aromatic nitrogens is 1. The Morgan fingerprint density at radius 1 is 1.14 bits per heavy atom. The normalized spacial score (nSPS) is 18.2. The number of carbonyl (C=O) groups is 1. The van der Waals surface area contributed by atoms with E-state index in [2.05, 4.69) is 16.0 Å². The van der Waals surface area contributed by atoms with Gasteiger partial charge in [-0.1, -0.05) is 25.4 Å². The zero-order chi connectivity index (χ0) is 15.6. The van der Waals surface area contributed by atoms with E-state index in [1.54, 1.807) is 0 Å². The molecule has 0 spiro atoms. The minimum absolute atomic E-state index is 0.0204. The lowest BCUT2D eigenvalue weighted by atomic mass is 10.1. The van der Waals surface area contributed by atoms with Gasteiger partial charge in [0.2, 0.25) is 5.91 Å². The van der Waals surface area contributed by atoms with Gasteiger partial charge in [-0.15, -0.1) is 0 Å². The molecule has 1 aliphatic rings. The van der Waals surface area contributed by atoms with E-state index in [9.17, 15) is 4.79 Å². The van der Waals surface area contributed by atoms with E-state index >= 15 is 0 Å². The van der Waals surface area contributed by atoms with Crippen LogP contribution in [0.5, 0.6) is 0 Å². The molecule has 0 radical (unpaired) electrons. The minimum Gasteiger partial charge on any atom is -0.351 e. The van der Waals surface area contributed by atoms with E-state index < -0.39 is 0 Å². The number of hydrogen-bond acceptors (Lipinski definition) is 1. The van der Waals surface area contributed by atoms with Gasteiger partial charge >= 0.3 is 0 Å². The summed E-state index contributed by atoms with van der Waals surface area (Å²) in [6, 6.07) is 8.01. The molecule has 3 rings (SSSR count). The van der Waals surface area contributed by atoms with Gasteiger partial charge in [-0.3, -0.25) is 4.79 Å². The highest BCUT2D eigenvalue weighted by molar-refractivity contribution is 6.31. The molecule has 1 amide bonds. The Bertz CT molecular complexity index is 713. The van der Waals surface area contributed by atoms with Crippen LogP contribution in [0.1, 0.15) is 33.4 Å². The summed E-state index contributed by atoms with van der Waals surface area (Å²) in [5, 5.41) is 4.78. The van der Waals surface area contributed by atoms with Gasteiger partial charge in [-0.2, -0.15) is 0 Å². The molecule has 1 aromatic heterocycles. The van der Waals surface area contributed by atoms with Gasteiger partial charge < -0.3 is 9.88 Å². The largest absolute Gasteiger partial charge is 0.351 e. The van der Waals surface area contributed by atoms with Gasteiger partial charge in [-0.05, 0) is 43.7 Å². The van der Waals surface area contributed by atoms with E-state index in [1.807, 2.05) is 45.9 Å².